The maximum Gasteiger partial charge on any atom is 0.0970 e. The van der Waals surface area contributed by atoms with E-state index in [2.05, 4.69) is 107 Å². The number of hydrogen-bond acceptors (Lipinski definition) is 2. The van der Waals surface area contributed by atoms with Gasteiger partial charge in [-0.25, -0.2) is 4.98 Å². The molecular weight excluding hydrogens is 382 g/mol. The summed E-state index contributed by atoms with van der Waals surface area (Å²) in [6.45, 7) is 9.28. The topological polar surface area (TPSA) is 12.9 Å². The molecule has 4 rings (SSSR count). The lowest BCUT2D eigenvalue weighted by molar-refractivity contribution is 0.357. The van der Waals surface area contributed by atoms with E-state index in [1.807, 2.05) is 11.3 Å². The fourth-order valence-electron chi connectivity index (χ4n) is 4.15. The molecule has 4 aromatic rings. The van der Waals surface area contributed by atoms with Crippen molar-refractivity contribution in [2.75, 3.05) is 0 Å². The van der Waals surface area contributed by atoms with Crippen LogP contribution in [0.1, 0.15) is 67.6 Å². The highest BCUT2D eigenvalue weighted by molar-refractivity contribution is 7.18. The van der Waals surface area contributed by atoms with E-state index >= 15 is 0 Å². The minimum absolute atomic E-state index is 0.278. The minimum atomic E-state index is 0.278. The monoisotopic (exact) mass is 413 g/mol. The largest absolute Gasteiger partial charge is 0.241 e. The van der Waals surface area contributed by atoms with Gasteiger partial charge in [-0.15, -0.1) is 11.3 Å². The SMILES string of the molecule is CC(Cc1ccc(C(CC(C)(C)C)c2ccccc2)cc1)c1nc2ccccc2s1. The highest BCUT2D eigenvalue weighted by Crippen LogP contribution is 2.36. The predicted octanol–water partition coefficient (Wildman–Crippen LogP) is 8.21. The van der Waals surface area contributed by atoms with Gasteiger partial charge in [-0.2, -0.15) is 0 Å². The van der Waals surface area contributed by atoms with Crippen molar-refractivity contribution in [3.63, 3.8) is 0 Å². The van der Waals surface area contributed by atoms with Gasteiger partial charge in [0.05, 0.1) is 15.2 Å². The van der Waals surface area contributed by atoms with Crippen LogP contribution < -0.4 is 0 Å². The number of thiazole rings is 1. The van der Waals surface area contributed by atoms with E-state index in [0.29, 0.717) is 11.8 Å². The lowest BCUT2D eigenvalue weighted by atomic mass is 9.78. The summed E-state index contributed by atoms with van der Waals surface area (Å²) in [5.41, 5.74) is 5.59. The Kier molecular flexibility index (Phi) is 6.06. The quantitative estimate of drug-likeness (QED) is 0.310. The van der Waals surface area contributed by atoms with Gasteiger partial charge in [0.25, 0.3) is 0 Å². The van der Waals surface area contributed by atoms with Crippen molar-refractivity contribution in [2.24, 2.45) is 5.41 Å². The van der Waals surface area contributed by atoms with Crippen LogP contribution >= 0.6 is 11.3 Å². The van der Waals surface area contributed by atoms with Gasteiger partial charge in [0, 0.05) is 11.8 Å². The number of benzene rings is 3. The molecule has 2 heteroatoms. The molecule has 0 amide bonds. The van der Waals surface area contributed by atoms with Crippen molar-refractivity contribution >= 4 is 21.6 Å². The van der Waals surface area contributed by atoms with Gasteiger partial charge in [0.2, 0.25) is 0 Å². The third-order valence-electron chi connectivity index (χ3n) is 5.67. The Morgan fingerprint density at radius 3 is 2.10 bits per heavy atom. The summed E-state index contributed by atoms with van der Waals surface area (Å²) in [6, 6.07) is 28.7. The second-order valence-corrected chi connectivity index (χ2v) is 10.7. The average molecular weight is 414 g/mol. The molecule has 0 bridgehead atoms. The van der Waals surface area contributed by atoms with Crippen molar-refractivity contribution in [1.82, 2.24) is 4.98 Å². The van der Waals surface area contributed by atoms with Crippen LogP contribution in [0, 0.1) is 5.41 Å². The molecule has 0 N–H and O–H groups in total. The van der Waals surface area contributed by atoms with Crippen molar-refractivity contribution in [2.45, 2.75) is 52.4 Å². The lowest BCUT2D eigenvalue weighted by Gasteiger charge is -2.27. The van der Waals surface area contributed by atoms with Crippen molar-refractivity contribution in [3.8, 4) is 0 Å². The molecule has 2 unspecified atom stereocenters. The third-order valence-corrected chi connectivity index (χ3v) is 6.94. The van der Waals surface area contributed by atoms with Gasteiger partial charge in [0.15, 0.2) is 0 Å². The first kappa shape index (κ1) is 20.8. The maximum absolute atomic E-state index is 4.85. The number of rotatable bonds is 6. The zero-order chi connectivity index (χ0) is 21.1. The number of nitrogens with zero attached hydrogens (tertiary/aromatic N) is 1. The summed E-state index contributed by atoms with van der Waals surface area (Å²) >= 11 is 1.83. The van der Waals surface area contributed by atoms with E-state index in [1.54, 1.807) is 0 Å². The second-order valence-electron chi connectivity index (χ2n) is 9.59. The van der Waals surface area contributed by atoms with Gasteiger partial charge >= 0.3 is 0 Å². The van der Waals surface area contributed by atoms with Crippen molar-refractivity contribution in [1.29, 1.82) is 0 Å². The molecule has 1 heterocycles. The third kappa shape index (κ3) is 4.99. The molecule has 0 spiro atoms. The molecule has 1 nitrogen and oxygen atoms in total. The Morgan fingerprint density at radius 2 is 1.43 bits per heavy atom. The van der Waals surface area contributed by atoms with Crippen LogP contribution in [-0.2, 0) is 6.42 Å². The Labute approximate surface area is 184 Å². The zero-order valence-corrected chi connectivity index (χ0v) is 19.2. The smallest absolute Gasteiger partial charge is 0.0970 e. The highest BCUT2D eigenvalue weighted by atomic mass is 32.1. The molecule has 0 saturated carbocycles. The van der Waals surface area contributed by atoms with Crippen LogP contribution in [0.4, 0.5) is 0 Å². The summed E-state index contributed by atoms with van der Waals surface area (Å²) in [7, 11) is 0. The molecule has 0 saturated heterocycles. The van der Waals surface area contributed by atoms with Crippen molar-refractivity contribution < 1.29 is 0 Å². The van der Waals surface area contributed by atoms with Gasteiger partial charge in [-0.3, -0.25) is 0 Å². The van der Waals surface area contributed by atoms with Gasteiger partial charge < -0.3 is 0 Å². The second kappa shape index (κ2) is 8.73. The summed E-state index contributed by atoms with van der Waals surface area (Å²) in [6.07, 6.45) is 2.16. The lowest BCUT2D eigenvalue weighted by Crippen LogP contribution is -2.13. The van der Waals surface area contributed by atoms with Crippen LogP contribution in [0.5, 0.6) is 0 Å². The molecule has 1 aromatic heterocycles. The molecule has 0 radical (unpaired) electrons. The predicted molar refractivity (Wildman–Crippen MR) is 131 cm³/mol. The standard InChI is InChI=1S/C28H31NS/c1-20(27-29-25-12-8-9-13-26(25)30-27)18-21-14-16-23(17-15-21)24(19-28(2,3)4)22-10-6-5-7-11-22/h5-17,20,24H,18-19H2,1-4H3. The molecule has 3 aromatic carbocycles. The van der Waals surface area contributed by atoms with E-state index < -0.39 is 0 Å². The molecule has 0 aliphatic heterocycles. The number of para-hydroxylation sites is 1. The summed E-state index contributed by atoms with van der Waals surface area (Å²) in [5, 5.41) is 1.23. The van der Waals surface area contributed by atoms with Gasteiger partial charge in [-0.1, -0.05) is 94.4 Å². The van der Waals surface area contributed by atoms with Crippen LogP contribution in [0.2, 0.25) is 0 Å². The van der Waals surface area contributed by atoms with Crippen LogP contribution in [0.3, 0.4) is 0 Å². The van der Waals surface area contributed by atoms with E-state index in [-0.39, 0.29) is 5.41 Å². The van der Waals surface area contributed by atoms with E-state index in [4.69, 9.17) is 4.98 Å². The normalized spacial score (nSPS) is 14.0. The van der Waals surface area contributed by atoms with E-state index in [9.17, 15) is 0 Å². The number of aromatic nitrogens is 1. The molecule has 2 atom stereocenters. The van der Waals surface area contributed by atoms with E-state index in [0.717, 1.165) is 18.4 Å². The Balaban J connectivity index is 1.53. The fourth-order valence-corrected chi connectivity index (χ4v) is 5.17. The first-order valence-corrected chi connectivity index (χ1v) is 11.7. The van der Waals surface area contributed by atoms with Crippen LogP contribution in [-0.4, -0.2) is 4.98 Å². The summed E-state index contributed by atoms with van der Waals surface area (Å²) in [5.74, 6) is 0.856. The van der Waals surface area contributed by atoms with Gasteiger partial charge in [-0.05, 0) is 47.1 Å². The zero-order valence-electron chi connectivity index (χ0n) is 18.4. The van der Waals surface area contributed by atoms with Crippen LogP contribution in [0.15, 0.2) is 78.9 Å². The molecular formula is C28H31NS. The molecule has 154 valence electrons. The minimum Gasteiger partial charge on any atom is -0.241 e. The highest BCUT2D eigenvalue weighted by Gasteiger charge is 2.22. The Hall–Kier alpha value is -2.45. The molecule has 0 fully saturated rings. The van der Waals surface area contributed by atoms with Crippen LogP contribution in [0.25, 0.3) is 10.2 Å². The number of hydrogen-bond donors (Lipinski definition) is 0. The molecule has 0 aliphatic carbocycles. The van der Waals surface area contributed by atoms with Crippen molar-refractivity contribution in [3.05, 3.63) is 101 Å². The number of fused-ring (bicyclic) bond motifs is 1. The fraction of sp³-hybridized carbons (Fsp3) is 0.321. The summed E-state index contributed by atoms with van der Waals surface area (Å²) < 4.78 is 1.28. The first-order chi connectivity index (χ1) is 14.4. The Bertz CT molecular complexity index is 1050. The summed E-state index contributed by atoms with van der Waals surface area (Å²) in [4.78, 5) is 4.85. The Morgan fingerprint density at radius 1 is 0.800 bits per heavy atom. The van der Waals surface area contributed by atoms with E-state index in [1.165, 1.54) is 26.4 Å². The maximum atomic E-state index is 4.85. The molecule has 0 aliphatic rings. The molecule has 30 heavy (non-hydrogen) atoms. The average Bonchev–Trinajstić information content (AvgIpc) is 3.17. The first-order valence-electron chi connectivity index (χ1n) is 10.9. The van der Waals surface area contributed by atoms with Gasteiger partial charge in [0.1, 0.15) is 0 Å².